The molecule has 1 aliphatic rings. The number of aromatic carboxylic acids is 2. The van der Waals surface area contributed by atoms with Crippen LogP contribution in [0.5, 0.6) is 0 Å². The number of isothiocyanates is 1. The number of hydrogen-bond acceptors (Lipinski definition) is 15. The Morgan fingerprint density at radius 2 is 1.34 bits per heavy atom. The fourth-order valence-electron chi connectivity index (χ4n) is 5.96. The minimum absolute atomic E-state index is 0.00554. The molecule has 4 rings (SSSR count). The molecule has 3 N–H and O–H groups in total. The third-order valence-electron chi connectivity index (χ3n) is 8.88. The number of ether oxygens (including phenoxy) is 6. The lowest BCUT2D eigenvalue weighted by molar-refractivity contribution is 0.00331. The van der Waals surface area contributed by atoms with E-state index in [1.165, 1.54) is 12.1 Å². The zero-order valence-corrected chi connectivity index (χ0v) is 33.6. The Hall–Kier alpha value is -4.52. The summed E-state index contributed by atoms with van der Waals surface area (Å²) in [5.41, 5.74) is 3.75. The fraction of sp³-hybridized carbons (Fsp3) is 0.488. The van der Waals surface area contributed by atoms with Gasteiger partial charge in [0.15, 0.2) is 0 Å². The Labute approximate surface area is 344 Å². The van der Waals surface area contributed by atoms with Crippen LogP contribution in [0.15, 0.2) is 72.2 Å². The molecule has 2 aromatic heterocycles. The number of benzene rings is 1. The highest BCUT2D eigenvalue weighted by molar-refractivity contribution is 7.78. The molecule has 0 bridgehead atoms. The summed E-state index contributed by atoms with van der Waals surface area (Å²) >= 11 is 4.54. The summed E-state index contributed by atoms with van der Waals surface area (Å²) in [6, 6.07) is 17.5. The van der Waals surface area contributed by atoms with Crippen molar-refractivity contribution in [2.45, 2.75) is 12.6 Å². The minimum atomic E-state index is -1.11. The number of nitrogens with one attached hydrogen (secondary N) is 1. The van der Waals surface area contributed by atoms with Gasteiger partial charge in [0.05, 0.1) is 108 Å². The topological polar surface area (TPSA) is 187 Å². The highest BCUT2D eigenvalue weighted by Gasteiger charge is 2.25. The van der Waals surface area contributed by atoms with Crippen LogP contribution in [0.25, 0.3) is 5.70 Å². The number of thiocarbonyl (C=S) groups is 1. The highest BCUT2D eigenvalue weighted by atomic mass is 32.1. The largest absolute Gasteiger partial charge is 0.477 e. The van der Waals surface area contributed by atoms with Gasteiger partial charge in [-0.25, -0.2) is 24.5 Å². The summed E-state index contributed by atoms with van der Waals surface area (Å²) in [4.78, 5) is 40.3. The Morgan fingerprint density at radius 1 is 0.776 bits per heavy atom. The number of aromatic nitrogens is 2. The molecule has 17 heteroatoms. The molecule has 1 aromatic carbocycles. The molecule has 1 fully saturated rings. The molecule has 0 spiro atoms. The summed E-state index contributed by atoms with van der Waals surface area (Å²) in [7, 11) is 0. The van der Waals surface area contributed by atoms with Crippen molar-refractivity contribution in [2.24, 2.45) is 4.99 Å². The first-order valence-electron chi connectivity index (χ1n) is 19.2. The highest BCUT2D eigenvalue weighted by Crippen LogP contribution is 2.29. The third-order valence-corrected chi connectivity index (χ3v) is 9.01. The molecule has 1 unspecified atom stereocenters. The average Bonchev–Trinajstić information content (AvgIpc) is 3.23. The summed E-state index contributed by atoms with van der Waals surface area (Å²) in [5.74, 6) is -2.17. The van der Waals surface area contributed by atoms with Gasteiger partial charge >= 0.3 is 11.9 Å². The van der Waals surface area contributed by atoms with Crippen molar-refractivity contribution in [3.63, 3.8) is 0 Å². The van der Waals surface area contributed by atoms with Crippen molar-refractivity contribution < 1.29 is 48.2 Å². The lowest BCUT2D eigenvalue weighted by Crippen LogP contribution is -2.36. The molecule has 16 nitrogen and oxygen atoms in total. The molecule has 3 aromatic rings. The van der Waals surface area contributed by atoms with Crippen molar-refractivity contribution in [1.82, 2.24) is 25.1 Å². The van der Waals surface area contributed by atoms with Crippen LogP contribution in [0.2, 0.25) is 0 Å². The first-order chi connectivity index (χ1) is 28.4. The zero-order valence-electron chi connectivity index (χ0n) is 32.8. The van der Waals surface area contributed by atoms with E-state index in [0.717, 1.165) is 16.8 Å². The van der Waals surface area contributed by atoms with E-state index in [-0.39, 0.29) is 11.4 Å². The van der Waals surface area contributed by atoms with Gasteiger partial charge in [0.25, 0.3) is 0 Å². The molecule has 0 saturated carbocycles. The van der Waals surface area contributed by atoms with Crippen LogP contribution in [0.3, 0.4) is 0 Å². The third kappa shape index (κ3) is 17.1. The van der Waals surface area contributed by atoms with Gasteiger partial charge in [-0.3, -0.25) is 9.80 Å². The van der Waals surface area contributed by atoms with E-state index in [0.29, 0.717) is 136 Å². The Balaban J connectivity index is 1.37. The summed E-state index contributed by atoms with van der Waals surface area (Å²) in [6.07, 6.45) is 0. The molecule has 1 saturated heterocycles. The van der Waals surface area contributed by atoms with Crippen molar-refractivity contribution in [1.29, 1.82) is 0 Å². The Kier molecular flexibility index (Phi) is 21.7. The fourth-order valence-corrected chi connectivity index (χ4v) is 6.05. The van der Waals surface area contributed by atoms with Crippen LogP contribution in [-0.4, -0.2) is 166 Å². The van der Waals surface area contributed by atoms with Gasteiger partial charge in [-0.2, -0.15) is 0 Å². The standard InChI is InChI=1S/C41H54N6O10S/c1-32(43-13-19-53-25-24-52-18-12-42-31-58)33-8-10-34(11-9-33)39(36-5-3-7-38(45-36)41(50)51)47-16-22-56-28-26-54-20-14-46(15-21-55-27-29-57-23-17-47)30-35-4-2-6-37(44-35)40(48)49/h2-11,39,43H,1,12-30H2,(H,48,49)(H,50,51). The van der Waals surface area contributed by atoms with Gasteiger partial charge in [0, 0.05) is 45.0 Å². The van der Waals surface area contributed by atoms with E-state index in [1.807, 2.05) is 30.3 Å². The van der Waals surface area contributed by atoms with Gasteiger partial charge in [-0.05, 0) is 47.6 Å². The van der Waals surface area contributed by atoms with Crippen LogP contribution in [0.4, 0.5) is 0 Å². The minimum Gasteiger partial charge on any atom is -0.477 e. The number of rotatable bonds is 18. The number of carboxylic acid groups (broad SMARTS) is 2. The predicted molar refractivity (Wildman–Crippen MR) is 219 cm³/mol. The summed E-state index contributed by atoms with van der Waals surface area (Å²) in [5, 5.41) is 24.7. The quantitative estimate of drug-likeness (QED) is 0.0960. The van der Waals surface area contributed by atoms with E-state index in [1.54, 1.807) is 18.2 Å². The number of carbonyl (C=O) groups is 2. The Morgan fingerprint density at radius 3 is 1.95 bits per heavy atom. The van der Waals surface area contributed by atoms with Crippen molar-refractivity contribution in [3.05, 3.63) is 101 Å². The molecule has 58 heavy (non-hydrogen) atoms. The molecular formula is C41H54N6O10S. The predicted octanol–water partition coefficient (Wildman–Crippen LogP) is 3.54. The normalized spacial score (nSPS) is 16.3. The van der Waals surface area contributed by atoms with Gasteiger partial charge in [0.1, 0.15) is 11.4 Å². The van der Waals surface area contributed by atoms with Crippen molar-refractivity contribution >= 4 is 35.0 Å². The van der Waals surface area contributed by atoms with Crippen LogP contribution >= 0.6 is 12.2 Å². The number of pyridine rings is 2. The second-order valence-corrected chi connectivity index (χ2v) is 13.1. The maximum atomic E-state index is 12.0. The molecule has 0 amide bonds. The van der Waals surface area contributed by atoms with Crippen molar-refractivity contribution in [3.8, 4) is 0 Å². The summed E-state index contributed by atoms with van der Waals surface area (Å²) in [6.45, 7) is 13.0. The summed E-state index contributed by atoms with van der Waals surface area (Å²) < 4.78 is 34.9. The van der Waals surface area contributed by atoms with Gasteiger partial charge in [-0.15, -0.1) is 0 Å². The molecule has 3 heterocycles. The molecule has 314 valence electrons. The molecule has 0 aliphatic carbocycles. The zero-order chi connectivity index (χ0) is 41.2. The van der Waals surface area contributed by atoms with Gasteiger partial charge < -0.3 is 44.0 Å². The van der Waals surface area contributed by atoms with E-state index >= 15 is 0 Å². The maximum absolute atomic E-state index is 12.0. The number of hydrogen-bond donors (Lipinski definition) is 3. The smallest absolute Gasteiger partial charge is 0.354 e. The lowest BCUT2D eigenvalue weighted by Gasteiger charge is -2.32. The molecule has 1 aliphatic heterocycles. The van der Waals surface area contributed by atoms with E-state index in [9.17, 15) is 19.8 Å². The SMILES string of the molecule is C=C(NCCOCCOCCN=C=S)c1ccc(C(c2cccc(C(=O)O)n2)N2CCOCCOCCN(Cc3cccc(C(=O)O)n3)CCOCCOCC2)cc1. The van der Waals surface area contributed by atoms with Crippen LogP contribution in [0.1, 0.15) is 49.5 Å². The first kappa shape index (κ1) is 46.2. The second-order valence-electron chi connectivity index (χ2n) is 13.0. The average molecular weight is 823 g/mol. The second kappa shape index (κ2) is 27.2. The molecular weight excluding hydrogens is 769 g/mol. The van der Waals surface area contributed by atoms with Gasteiger partial charge in [-0.1, -0.05) is 43.0 Å². The van der Waals surface area contributed by atoms with Crippen LogP contribution in [0, 0.1) is 0 Å². The maximum Gasteiger partial charge on any atom is 0.354 e. The van der Waals surface area contributed by atoms with E-state index in [2.05, 4.69) is 54.0 Å². The van der Waals surface area contributed by atoms with E-state index < -0.39 is 18.0 Å². The lowest BCUT2D eigenvalue weighted by atomic mass is 9.98. The van der Waals surface area contributed by atoms with Crippen molar-refractivity contribution in [2.75, 3.05) is 119 Å². The monoisotopic (exact) mass is 822 g/mol. The molecule has 1 atom stereocenters. The first-order valence-corrected chi connectivity index (χ1v) is 19.7. The Bertz CT molecular complexity index is 1730. The van der Waals surface area contributed by atoms with Gasteiger partial charge in [0.2, 0.25) is 0 Å². The van der Waals surface area contributed by atoms with E-state index in [4.69, 9.17) is 28.4 Å². The molecule has 0 radical (unpaired) electrons. The number of aliphatic imine (C=N–C) groups is 1. The number of nitrogens with zero attached hydrogens (tertiary/aromatic N) is 5. The van der Waals surface area contributed by atoms with Crippen LogP contribution in [-0.2, 0) is 35.0 Å². The number of carboxylic acids is 2. The van der Waals surface area contributed by atoms with Crippen LogP contribution < -0.4 is 5.32 Å².